The van der Waals surface area contributed by atoms with Crippen LogP contribution in [0.1, 0.15) is 53.0 Å². The van der Waals surface area contributed by atoms with Crippen molar-refractivity contribution in [2.75, 3.05) is 0 Å². The van der Waals surface area contributed by atoms with Crippen molar-refractivity contribution in [3.8, 4) is 11.1 Å². The minimum atomic E-state index is 0.588. The molecule has 0 aliphatic heterocycles. The van der Waals surface area contributed by atoms with Gasteiger partial charge in [0, 0.05) is 29.3 Å². The third-order valence-electron chi connectivity index (χ3n) is 5.29. The van der Waals surface area contributed by atoms with Crippen LogP contribution in [0.2, 0.25) is 0 Å². The largest absolute Gasteiger partial charge is 0.361 e. The van der Waals surface area contributed by atoms with E-state index in [2.05, 4.69) is 39.4 Å². The highest BCUT2D eigenvalue weighted by atomic mass is 16.5. The van der Waals surface area contributed by atoms with E-state index in [9.17, 15) is 0 Å². The number of H-pyrrole nitrogens is 1. The number of fused-ring (bicyclic) bond motifs is 1. The second-order valence-electron chi connectivity index (χ2n) is 7.57. The smallest absolute Gasteiger partial charge is 0.141 e. The number of aromatic nitrogens is 4. The molecule has 0 unspecified atom stereocenters. The van der Waals surface area contributed by atoms with E-state index in [1.54, 1.807) is 0 Å². The maximum atomic E-state index is 5.40. The summed E-state index contributed by atoms with van der Waals surface area (Å²) in [6.07, 6.45) is 3.21. The number of aromatic amines is 1. The number of imidazole rings is 1. The molecule has 0 radical (unpaired) electrons. The Morgan fingerprint density at radius 2 is 1.96 bits per heavy atom. The van der Waals surface area contributed by atoms with Gasteiger partial charge < -0.3 is 9.51 Å². The van der Waals surface area contributed by atoms with Gasteiger partial charge in [-0.1, -0.05) is 11.2 Å². The minimum absolute atomic E-state index is 0.588. The third-order valence-corrected chi connectivity index (χ3v) is 5.29. The molecule has 1 saturated carbocycles. The highest BCUT2D eigenvalue weighted by molar-refractivity contribution is 5.86. The summed E-state index contributed by atoms with van der Waals surface area (Å²) in [7, 11) is 0. The maximum Gasteiger partial charge on any atom is 0.141 e. The molecule has 1 aromatic carbocycles. The second-order valence-corrected chi connectivity index (χ2v) is 7.57. The highest BCUT2D eigenvalue weighted by Crippen LogP contribution is 2.40. The molecule has 5 heteroatoms. The third kappa shape index (κ3) is 2.93. The summed E-state index contributed by atoms with van der Waals surface area (Å²) < 4.78 is 5.40. The van der Waals surface area contributed by atoms with Crippen LogP contribution < -0.4 is 0 Å². The maximum absolute atomic E-state index is 5.40. The summed E-state index contributed by atoms with van der Waals surface area (Å²) in [5, 5.41) is 4.13. The number of rotatable bonds is 4. The summed E-state index contributed by atoms with van der Waals surface area (Å²) in [6.45, 7) is 5.98. The monoisotopic (exact) mass is 358 g/mol. The fourth-order valence-electron chi connectivity index (χ4n) is 3.83. The fourth-order valence-corrected chi connectivity index (χ4v) is 3.83. The predicted molar refractivity (Wildman–Crippen MR) is 105 cm³/mol. The summed E-state index contributed by atoms with van der Waals surface area (Å²) >= 11 is 0. The van der Waals surface area contributed by atoms with Crippen LogP contribution in [0, 0.1) is 20.8 Å². The molecule has 5 nitrogen and oxygen atoms in total. The Morgan fingerprint density at radius 1 is 1.11 bits per heavy atom. The van der Waals surface area contributed by atoms with Gasteiger partial charge in [0.2, 0.25) is 0 Å². The molecule has 1 fully saturated rings. The molecule has 0 bridgehead atoms. The highest BCUT2D eigenvalue weighted by Gasteiger charge is 2.27. The Balaban J connectivity index is 1.68. The van der Waals surface area contributed by atoms with E-state index < -0.39 is 0 Å². The molecule has 3 heterocycles. The second kappa shape index (κ2) is 6.05. The number of hydrogen-bond donors (Lipinski definition) is 1. The Kier molecular flexibility index (Phi) is 3.64. The summed E-state index contributed by atoms with van der Waals surface area (Å²) in [6, 6.07) is 10.6. The summed E-state index contributed by atoms with van der Waals surface area (Å²) in [5.74, 6) is 2.54. The van der Waals surface area contributed by atoms with Gasteiger partial charge in [-0.3, -0.25) is 4.98 Å². The van der Waals surface area contributed by atoms with Gasteiger partial charge in [-0.05, 0) is 69.0 Å². The van der Waals surface area contributed by atoms with Crippen molar-refractivity contribution in [2.45, 2.75) is 46.0 Å². The van der Waals surface area contributed by atoms with Gasteiger partial charge in [-0.2, -0.15) is 0 Å². The standard InChI is InChI=1S/C22H22N4O/c1-12-5-4-6-18(23-12)10-17-9-16(20-13(2)26-27-14(20)3)11-19-21(17)25-22(24-19)15-7-8-15/h4-6,9,11,15H,7-8,10H2,1-3H3,(H,24,25). The van der Waals surface area contributed by atoms with Gasteiger partial charge in [0.25, 0.3) is 0 Å². The zero-order valence-electron chi connectivity index (χ0n) is 15.8. The van der Waals surface area contributed by atoms with Crippen LogP contribution >= 0.6 is 0 Å². The van der Waals surface area contributed by atoms with Crippen LogP contribution in [0.25, 0.3) is 22.2 Å². The number of hydrogen-bond acceptors (Lipinski definition) is 4. The van der Waals surface area contributed by atoms with Crippen molar-refractivity contribution in [3.63, 3.8) is 0 Å². The van der Waals surface area contributed by atoms with Crippen molar-refractivity contribution in [1.29, 1.82) is 0 Å². The van der Waals surface area contributed by atoms with E-state index in [1.165, 1.54) is 18.4 Å². The van der Waals surface area contributed by atoms with Crippen molar-refractivity contribution in [2.24, 2.45) is 0 Å². The molecular formula is C22H22N4O. The molecule has 1 N–H and O–H groups in total. The lowest BCUT2D eigenvalue weighted by atomic mass is 9.98. The van der Waals surface area contributed by atoms with E-state index in [0.717, 1.165) is 57.2 Å². The zero-order chi connectivity index (χ0) is 18.5. The molecule has 3 aromatic heterocycles. The van der Waals surface area contributed by atoms with Crippen molar-refractivity contribution in [1.82, 2.24) is 20.1 Å². The lowest BCUT2D eigenvalue weighted by Gasteiger charge is -2.08. The number of nitrogens with one attached hydrogen (secondary N) is 1. The molecule has 5 rings (SSSR count). The Bertz CT molecular complexity index is 1130. The minimum Gasteiger partial charge on any atom is -0.361 e. The van der Waals surface area contributed by atoms with Gasteiger partial charge in [0.05, 0.1) is 16.7 Å². The fraction of sp³-hybridized carbons (Fsp3) is 0.318. The van der Waals surface area contributed by atoms with Gasteiger partial charge >= 0.3 is 0 Å². The van der Waals surface area contributed by atoms with E-state index >= 15 is 0 Å². The van der Waals surface area contributed by atoms with Crippen LogP contribution in [-0.2, 0) is 6.42 Å². The topological polar surface area (TPSA) is 67.6 Å². The van der Waals surface area contributed by atoms with E-state index in [4.69, 9.17) is 9.51 Å². The Morgan fingerprint density at radius 3 is 2.67 bits per heavy atom. The number of nitrogens with zero attached hydrogens (tertiary/aromatic N) is 3. The average Bonchev–Trinajstić information content (AvgIpc) is 3.31. The average molecular weight is 358 g/mol. The van der Waals surface area contributed by atoms with Crippen LogP contribution in [0.5, 0.6) is 0 Å². The summed E-state index contributed by atoms with van der Waals surface area (Å²) in [5.41, 5.74) is 8.50. The first-order valence-corrected chi connectivity index (χ1v) is 9.47. The predicted octanol–water partition coefficient (Wildman–Crippen LogP) is 5.01. The van der Waals surface area contributed by atoms with Crippen LogP contribution in [0.4, 0.5) is 0 Å². The van der Waals surface area contributed by atoms with Crippen LogP contribution in [0.3, 0.4) is 0 Å². The zero-order valence-corrected chi connectivity index (χ0v) is 15.8. The first-order valence-electron chi connectivity index (χ1n) is 9.47. The molecule has 1 aliphatic carbocycles. The molecule has 27 heavy (non-hydrogen) atoms. The molecule has 4 aromatic rings. The van der Waals surface area contributed by atoms with E-state index in [-0.39, 0.29) is 0 Å². The molecule has 1 aliphatic rings. The molecule has 0 spiro atoms. The lowest BCUT2D eigenvalue weighted by molar-refractivity contribution is 0.393. The molecule has 136 valence electrons. The van der Waals surface area contributed by atoms with Gasteiger partial charge in [-0.15, -0.1) is 0 Å². The van der Waals surface area contributed by atoms with Crippen LogP contribution in [-0.4, -0.2) is 20.1 Å². The Hall–Kier alpha value is -2.95. The quantitative estimate of drug-likeness (QED) is 0.557. The molecule has 0 atom stereocenters. The van der Waals surface area contributed by atoms with Crippen LogP contribution in [0.15, 0.2) is 34.9 Å². The number of pyridine rings is 1. The van der Waals surface area contributed by atoms with Crippen molar-refractivity contribution < 1.29 is 4.52 Å². The van der Waals surface area contributed by atoms with Gasteiger partial charge in [0.1, 0.15) is 11.6 Å². The number of benzene rings is 1. The summed E-state index contributed by atoms with van der Waals surface area (Å²) in [4.78, 5) is 13.2. The van der Waals surface area contributed by atoms with Gasteiger partial charge in [0.15, 0.2) is 0 Å². The lowest BCUT2D eigenvalue weighted by Crippen LogP contribution is -1.96. The Labute approximate surface area is 157 Å². The molecule has 0 amide bonds. The van der Waals surface area contributed by atoms with Crippen molar-refractivity contribution in [3.05, 3.63) is 64.6 Å². The first-order chi connectivity index (χ1) is 13.1. The molecular weight excluding hydrogens is 336 g/mol. The van der Waals surface area contributed by atoms with Crippen molar-refractivity contribution >= 4 is 11.0 Å². The number of aryl methyl sites for hydroxylation is 3. The van der Waals surface area contributed by atoms with E-state index in [0.29, 0.717) is 5.92 Å². The molecule has 0 saturated heterocycles. The van der Waals surface area contributed by atoms with E-state index in [1.807, 2.05) is 26.8 Å². The SMILES string of the molecule is Cc1cccc(Cc2cc(-c3c(C)noc3C)cc3[nH]c(C4CC4)nc23)n1. The normalized spacial score (nSPS) is 14.2. The first kappa shape index (κ1) is 16.2. The van der Waals surface area contributed by atoms with Gasteiger partial charge in [-0.25, -0.2) is 4.98 Å².